The molecule has 0 saturated carbocycles. The van der Waals surface area contributed by atoms with Gasteiger partial charge in [-0.3, -0.25) is 4.98 Å². The molecule has 5 nitrogen and oxygen atoms in total. The van der Waals surface area contributed by atoms with Crippen LogP contribution in [0.1, 0.15) is 0 Å². The van der Waals surface area contributed by atoms with Gasteiger partial charge in [-0.25, -0.2) is 4.98 Å². The first kappa shape index (κ1) is 10.3. The summed E-state index contributed by atoms with van der Waals surface area (Å²) in [7, 11) is 0. The number of aromatic nitrogens is 2. The second-order valence-corrected chi connectivity index (χ2v) is 4.14. The summed E-state index contributed by atoms with van der Waals surface area (Å²) >= 11 is 0. The van der Waals surface area contributed by atoms with Crippen LogP contribution in [0.2, 0.25) is 0 Å². The van der Waals surface area contributed by atoms with Gasteiger partial charge >= 0.3 is 0 Å². The van der Waals surface area contributed by atoms with E-state index in [1.54, 1.807) is 24.4 Å². The van der Waals surface area contributed by atoms with Gasteiger partial charge in [0.25, 0.3) is 0 Å². The average Bonchev–Trinajstić information content (AvgIpc) is 2.39. The number of phenols is 1. The Kier molecular flexibility index (Phi) is 2.53. The van der Waals surface area contributed by atoms with Crippen LogP contribution in [0, 0.1) is 0 Å². The first-order valence-electron chi connectivity index (χ1n) is 5.74. The molecule has 2 aromatic rings. The van der Waals surface area contributed by atoms with Gasteiger partial charge in [-0.1, -0.05) is 0 Å². The number of anilines is 1. The zero-order chi connectivity index (χ0) is 11.7. The van der Waals surface area contributed by atoms with Crippen molar-refractivity contribution in [3.05, 3.63) is 24.4 Å². The van der Waals surface area contributed by atoms with E-state index >= 15 is 0 Å². The Bertz CT molecular complexity index is 537. The van der Waals surface area contributed by atoms with Crippen molar-refractivity contribution >= 4 is 16.9 Å². The molecule has 0 amide bonds. The summed E-state index contributed by atoms with van der Waals surface area (Å²) in [5.41, 5.74) is 1.54. The Morgan fingerprint density at radius 2 is 2.00 bits per heavy atom. The summed E-state index contributed by atoms with van der Waals surface area (Å²) in [5, 5.41) is 12.7. The maximum Gasteiger partial charge on any atom is 0.147 e. The van der Waals surface area contributed by atoms with Crippen LogP contribution >= 0.6 is 0 Å². The lowest BCUT2D eigenvalue weighted by molar-refractivity contribution is 0.476. The summed E-state index contributed by atoms with van der Waals surface area (Å²) in [6.07, 6.45) is 1.77. The molecular weight excluding hydrogens is 216 g/mol. The topological polar surface area (TPSA) is 61.3 Å². The lowest BCUT2D eigenvalue weighted by Crippen LogP contribution is -2.43. The number of benzene rings is 1. The number of aromatic hydroxyl groups is 1. The van der Waals surface area contributed by atoms with Gasteiger partial charge in [0.05, 0.1) is 17.2 Å². The highest BCUT2D eigenvalue weighted by Gasteiger charge is 2.12. The number of phenolic OH excluding ortho intramolecular Hbond substituents is 1. The monoisotopic (exact) mass is 230 g/mol. The summed E-state index contributed by atoms with van der Waals surface area (Å²) < 4.78 is 0. The van der Waals surface area contributed by atoms with E-state index in [4.69, 9.17) is 0 Å². The summed E-state index contributed by atoms with van der Waals surface area (Å²) in [5.74, 6) is 1.13. The Morgan fingerprint density at radius 3 is 2.82 bits per heavy atom. The second-order valence-electron chi connectivity index (χ2n) is 4.14. The van der Waals surface area contributed by atoms with Crippen molar-refractivity contribution in [1.29, 1.82) is 0 Å². The predicted octanol–water partition coefficient (Wildman–Crippen LogP) is 0.745. The highest BCUT2D eigenvalue weighted by molar-refractivity contribution is 5.77. The van der Waals surface area contributed by atoms with Gasteiger partial charge in [-0.05, 0) is 12.1 Å². The third kappa shape index (κ3) is 2.01. The number of rotatable bonds is 1. The molecule has 2 N–H and O–H groups in total. The molecule has 88 valence electrons. The van der Waals surface area contributed by atoms with Crippen molar-refractivity contribution in [1.82, 2.24) is 15.3 Å². The van der Waals surface area contributed by atoms with Crippen LogP contribution in [0.3, 0.4) is 0 Å². The number of hydrogen-bond acceptors (Lipinski definition) is 5. The van der Waals surface area contributed by atoms with Crippen LogP contribution in [-0.4, -0.2) is 41.3 Å². The van der Waals surface area contributed by atoms with E-state index in [1.807, 2.05) is 0 Å². The molecule has 0 unspecified atom stereocenters. The quantitative estimate of drug-likeness (QED) is 0.757. The normalized spacial score (nSPS) is 16.4. The third-order valence-corrected chi connectivity index (χ3v) is 2.95. The molecule has 1 fully saturated rings. The van der Waals surface area contributed by atoms with E-state index in [-0.39, 0.29) is 5.75 Å². The van der Waals surface area contributed by atoms with Gasteiger partial charge in [0.2, 0.25) is 0 Å². The van der Waals surface area contributed by atoms with Crippen LogP contribution in [0.15, 0.2) is 24.4 Å². The van der Waals surface area contributed by atoms with E-state index in [0.29, 0.717) is 0 Å². The summed E-state index contributed by atoms with van der Waals surface area (Å²) in [6, 6.07) is 5.06. The van der Waals surface area contributed by atoms with Crippen molar-refractivity contribution in [2.45, 2.75) is 0 Å². The first-order valence-corrected chi connectivity index (χ1v) is 5.74. The van der Waals surface area contributed by atoms with Crippen molar-refractivity contribution in [2.24, 2.45) is 0 Å². The molecule has 0 spiro atoms. The average molecular weight is 230 g/mol. The zero-order valence-corrected chi connectivity index (χ0v) is 9.43. The third-order valence-electron chi connectivity index (χ3n) is 2.95. The maximum atomic E-state index is 9.36. The van der Waals surface area contributed by atoms with Gasteiger partial charge in [0, 0.05) is 32.2 Å². The van der Waals surface area contributed by atoms with Crippen molar-refractivity contribution in [3.63, 3.8) is 0 Å². The van der Waals surface area contributed by atoms with Gasteiger partial charge in [-0.15, -0.1) is 0 Å². The highest BCUT2D eigenvalue weighted by Crippen LogP contribution is 2.19. The molecule has 0 radical (unpaired) electrons. The zero-order valence-electron chi connectivity index (χ0n) is 9.43. The number of nitrogens with one attached hydrogen (secondary N) is 1. The van der Waals surface area contributed by atoms with Crippen LogP contribution in [-0.2, 0) is 0 Å². The minimum atomic E-state index is 0.224. The molecule has 1 aromatic carbocycles. The van der Waals surface area contributed by atoms with Gasteiger partial charge in [-0.2, -0.15) is 0 Å². The lowest BCUT2D eigenvalue weighted by Gasteiger charge is -2.28. The van der Waals surface area contributed by atoms with E-state index in [1.165, 1.54) is 0 Å². The van der Waals surface area contributed by atoms with Gasteiger partial charge < -0.3 is 15.3 Å². The Hall–Kier alpha value is -1.88. The smallest absolute Gasteiger partial charge is 0.147 e. The molecular formula is C12H14N4O. The number of nitrogens with zero attached hydrogens (tertiary/aromatic N) is 3. The second kappa shape index (κ2) is 4.18. The maximum absolute atomic E-state index is 9.36. The van der Waals surface area contributed by atoms with Gasteiger partial charge in [0.15, 0.2) is 0 Å². The van der Waals surface area contributed by atoms with E-state index < -0.39 is 0 Å². The van der Waals surface area contributed by atoms with Crippen molar-refractivity contribution in [3.8, 4) is 5.75 Å². The number of hydrogen-bond donors (Lipinski definition) is 2. The van der Waals surface area contributed by atoms with Crippen LogP contribution < -0.4 is 10.2 Å². The number of fused-ring (bicyclic) bond motifs is 1. The Labute approximate surface area is 99.1 Å². The molecule has 0 aliphatic carbocycles. The van der Waals surface area contributed by atoms with Crippen LogP contribution in [0.4, 0.5) is 5.82 Å². The fraction of sp³-hybridized carbons (Fsp3) is 0.333. The molecule has 3 rings (SSSR count). The molecule has 1 aliphatic heterocycles. The molecule has 0 bridgehead atoms. The predicted molar refractivity (Wildman–Crippen MR) is 66.3 cm³/mol. The minimum absolute atomic E-state index is 0.224. The Balaban J connectivity index is 1.98. The Morgan fingerprint density at radius 1 is 1.18 bits per heavy atom. The first-order chi connectivity index (χ1) is 8.33. The molecule has 17 heavy (non-hydrogen) atoms. The molecule has 1 aliphatic rings. The molecule has 0 atom stereocenters. The standard InChI is InChI=1S/C12H14N4O/c17-9-1-2-10-11(7-9)14-8-12(15-10)16-5-3-13-4-6-16/h1-2,7-8,13,17H,3-6H2. The number of piperazine rings is 1. The fourth-order valence-electron chi connectivity index (χ4n) is 2.04. The van der Waals surface area contributed by atoms with Crippen molar-refractivity contribution in [2.75, 3.05) is 31.1 Å². The summed E-state index contributed by atoms with van der Waals surface area (Å²) in [6.45, 7) is 3.88. The van der Waals surface area contributed by atoms with E-state index in [2.05, 4.69) is 20.2 Å². The molecule has 1 saturated heterocycles. The SMILES string of the molecule is Oc1ccc2nc(N3CCNCC3)cnc2c1. The molecule has 1 aromatic heterocycles. The van der Waals surface area contributed by atoms with E-state index in [0.717, 1.165) is 43.0 Å². The molecule has 5 heteroatoms. The minimum Gasteiger partial charge on any atom is -0.508 e. The lowest BCUT2D eigenvalue weighted by atomic mass is 10.3. The van der Waals surface area contributed by atoms with Gasteiger partial charge in [0.1, 0.15) is 11.6 Å². The summed E-state index contributed by atoms with van der Waals surface area (Å²) in [4.78, 5) is 11.1. The highest BCUT2D eigenvalue weighted by atomic mass is 16.3. The molecule has 2 heterocycles. The van der Waals surface area contributed by atoms with Crippen molar-refractivity contribution < 1.29 is 5.11 Å². The van der Waals surface area contributed by atoms with Crippen LogP contribution in [0.5, 0.6) is 5.75 Å². The van der Waals surface area contributed by atoms with E-state index in [9.17, 15) is 5.11 Å². The van der Waals surface area contributed by atoms with Crippen LogP contribution in [0.25, 0.3) is 11.0 Å². The largest absolute Gasteiger partial charge is 0.508 e. The fourth-order valence-corrected chi connectivity index (χ4v) is 2.04.